The predicted octanol–water partition coefficient (Wildman–Crippen LogP) is -0.226. The summed E-state index contributed by atoms with van der Waals surface area (Å²) in [5.74, 6) is -0.969. The molecule has 0 fully saturated rings. The van der Waals surface area contributed by atoms with E-state index >= 15 is 0 Å². The Balaban J connectivity index is 3.91. The summed E-state index contributed by atoms with van der Waals surface area (Å²) in [4.78, 5) is 12.1. The van der Waals surface area contributed by atoms with E-state index in [9.17, 15) is 4.79 Å². The van der Waals surface area contributed by atoms with Crippen molar-refractivity contribution in [3.63, 3.8) is 0 Å². The topological polar surface area (TPSA) is 60.8 Å². The van der Waals surface area contributed by atoms with Gasteiger partial charge in [0.25, 0.3) is 0 Å². The van der Waals surface area contributed by atoms with Crippen molar-refractivity contribution >= 4 is 5.97 Å². The number of hydrogen-bond acceptors (Lipinski definition) is 3. The van der Waals surface area contributed by atoms with E-state index in [1.807, 2.05) is 6.92 Å². The van der Waals surface area contributed by atoms with Crippen molar-refractivity contribution in [3.8, 4) is 0 Å². The summed E-state index contributed by atoms with van der Waals surface area (Å²) in [5.41, 5.74) is 0. The first-order chi connectivity index (χ1) is 5.13. The van der Waals surface area contributed by atoms with Gasteiger partial charge in [-0.1, -0.05) is 6.92 Å². The third-order valence-corrected chi connectivity index (χ3v) is 1.57. The van der Waals surface area contributed by atoms with E-state index in [2.05, 4.69) is 0 Å². The van der Waals surface area contributed by atoms with Crippen LogP contribution in [0.3, 0.4) is 0 Å². The van der Waals surface area contributed by atoms with E-state index in [0.717, 1.165) is 6.42 Å². The highest BCUT2D eigenvalue weighted by Crippen LogP contribution is 1.96. The fraction of sp³-hybridized carbons (Fsp3) is 0.857. The molecule has 0 aliphatic carbocycles. The Bertz CT molecular complexity index is 127. The van der Waals surface area contributed by atoms with Gasteiger partial charge < -0.3 is 10.2 Å². The van der Waals surface area contributed by atoms with Gasteiger partial charge in [0.1, 0.15) is 6.04 Å². The Hall–Kier alpha value is -0.610. The molecule has 0 aliphatic heterocycles. The van der Waals surface area contributed by atoms with Crippen molar-refractivity contribution in [2.75, 3.05) is 20.2 Å². The van der Waals surface area contributed by atoms with Crippen LogP contribution in [0.4, 0.5) is 0 Å². The first kappa shape index (κ1) is 10.4. The summed E-state index contributed by atoms with van der Waals surface area (Å²) in [5, 5.41) is 17.2. The number of aliphatic hydroxyl groups excluding tert-OH is 1. The SMILES string of the molecule is CCCN(C)C(CO)C(=O)O. The highest BCUT2D eigenvalue weighted by Gasteiger charge is 2.20. The van der Waals surface area contributed by atoms with Crippen LogP contribution in [0.15, 0.2) is 0 Å². The third-order valence-electron chi connectivity index (χ3n) is 1.57. The minimum atomic E-state index is -0.969. The van der Waals surface area contributed by atoms with Gasteiger partial charge in [0, 0.05) is 0 Å². The first-order valence-electron chi connectivity index (χ1n) is 3.67. The quantitative estimate of drug-likeness (QED) is 0.585. The van der Waals surface area contributed by atoms with Crippen molar-refractivity contribution in [1.82, 2.24) is 4.90 Å². The Morgan fingerprint density at radius 3 is 2.45 bits per heavy atom. The van der Waals surface area contributed by atoms with E-state index in [-0.39, 0.29) is 6.61 Å². The highest BCUT2D eigenvalue weighted by atomic mass is 16.4. The van der Waals surface area contributed by atoms with Crippen LogP contribution in [-0.2, 0) is 4.79 Å². The molecule has 1 unspecified atom stereocenters. The largest absolute Gasteiger partial charge is 0.480 e. The lowest BCUT2D eigenvalue weighted by atomic mass is 10.2. The average Bonchev–Trinajstić information content (AvgIpc) is 1.88. The molecule has 0 aromatic heterocycles. The lowest BCUT2D eigenvalue weighted by Gasteiger charge is -2.21. The number of carbonyl (C=O) groups is 1. The molecule has 11 heavy (non-hydrogen) atoms. The molecule has 1 atom stereocenters. The second-order valence-corrected chi connectivity index (χ2v) is 2.52. The highest BCUT2D eigenvalue weighted by molar-refractivity contribution is 5.73. The van der Waals surface area contributed by atoms with E-state index in [0.29, 0.717) is 6.54 Å². The van der Waals surface area contributed by atoms with Gasteiger partial charge >= 0.3 is 5.97 Å². The van der Waals surface area contributed by atoms with Crippen LogP contribution in [-0.4, -0.2) is 47.3 Å². The lowest BCUT2D eigenvalue weighted by molar-refractivity contribution is -0.144. The van der Waals surface area contributed by atoms with Crippen LogP contribution in [0.5, 0.6) is 0 Å². The normalized spacial score (nSPS) is 13.5. The van der Waals surface area contributed by atoms with Crippen LogP contribution >= 0.6 is 0 Å². The van der Waals surface area contributed by atoms with Gasteiger partial charge in [-0.3, -0.25) is 9.69 Å². The number of aliphatic hydroxyl groups is 1. The number of likely N-dealkylation sites (N-methyl/N-ethyl adjacent to an activating group) is 1. The molecule has 0 radical (unpaired) electrons. The van der Waals surface area contributed by atoms with E-state index < -0.39 is 12.0 Å². The molecule has 0 aromatic rings. The zero-order chi connectivity index (χ0) is 8.85. The molecule has 0 saturated carbocycles. The summed E-state index contributed by atoms with van der Waals surface area (Å²) in [6.07, 6.45) is 0.889. The van der Waals surface area contributed by atoms with Crippen LogP contribution in [0.2, 0.25) is 0 Å². The standard InChI is InChI=1S/C7H15NO3/c1-3-4-8(2)6(5-9)7(10)11/h6,9H,3-5H2,1-2H3,(H,10,11). The van der Waals surface area contributed by atoms with Crippen molar-refractivity contribution < 1.29 is 15.0 Å². The summed E-state index contributed by atoms with van der Waals surface area (Å²) in [6, 6.07) is -0.755. The predicted molar refractivity (Wildman–Crippen MR) is 41.4 cm³/mol. The number of rotatable bonds is 5. The number of nitrogens with zero attached hydrogens (tertiary/aromatic N) is 1. The molecule has 0 aliphatic rings. The minimum Gasteiger partial charge on any atom is -0.480 e. The Morgan fingerprint density at radius 2 is 2.18 bits per heavy atom. The first-order valence-corrected chi connectivity index (χ1v) is 3.67. The molecule has 0 aromatic carbocycles. The maximum Gasteiger partial charge on any atom is 0.323 e. The second-order valence-electron chi connectivity index (χ2n) is 2.52. The summed E-state index contributed by atoms with van der Waals surface area (Å²) in [7, 11) is 1.69. The molecule has 0 saturated heterocycles. The molecular formula is C7H15NO3. The van der Waals surface area contributed by atoms with Gasteiger partial charge in [0.15, 0.2) is 0 Å². The Labute approximate surface area is 66.4 Å². The van der Waals surface area contributed by atoms with Crippen LogP contribution < -0.4 is 0 Å². The average molecular weight is 161 g/mol. The molecule has 2 N–H and O–H groups in total. The summed E-state index contributed by atoms with van der Waals surface area (Å²) < 4.78 is 0. The maximum absolute atomic E-state index is 10.4. The van der Waals surface area contributed by atoms with Gasteiger partial charge in [-0.25, -0.2) is 0 Å². The molecule has 0 amide bonds. The number of carboxylic acid groups (broad SMARTS) is 1. The Kier molecular flexibility index (Phi) is 4.81. The van der Waals surface area contributed by atoms with Crippen LogP contribution in [0.1, 0.15) is 13.3 Å². The zero-order valence-corrected chi connectivity index (χ0v) is 6.95. The monoisotopic (exact) mass is 161 g/mol. The Morgan fingerprint density at radius 1 is 1.64 bits per heavy atom. The van der Waals surface area contributed by atoms with Gasteiger partial charge in [-0.15, -0.1) is 0 Å². The number of aliphatic carboxylic acids is 1. The molecular weight excluding hydrogens is 146 g/mol. The van der Waals surface area contributed by atoms with Crippen LogP contribution in [0, 0.1) is 0 Å². The maximum atomic E-state index is 10.4. The van der Waals surface area contributed by atoms with Crippen molar-refractivity contribution in [1.29, 1.82) is 0 Å². The molecule has 0 rings (SSSR count). The van der Waals surface area contributed by atoms with Gasteiger partial charge in [-0.2, -0.15) is 0 Å². The van der Waals surface area contributed by atoms with Crippen molar-refractivity contribution in [3.05, 3.63) is 0 Å². The third kappa shape index (κ3) is 3.34. The molecule has 0 bridgehead atoms. The number of carboxylic acids is 1. The fourth-order valence-corrected chi connectivity index (χ4v) is 0.915. The summed E-state index contributed by atoms with van der Waals surface area (Å²) >= 11 is 0. The zero-order valence-electron chi connectivity index (χ0n) is 6.95. The van der Waals surface area contributed by atoms with E-state index in [1.165, 1.54) is 0 Å². The summed E-state index contributed by atoms with van der Waals surface area (Å²) in [6.45, 7) is 2.33. The van der Waals surface area contributed by atoms with Gasteiger partial charge in [0.05, 0.1) is 6.61 Å². The van der Waals surface area contributed by atoms with Crippen molar-refractivity contribution in [2.24, 2.45) is 0 Å². The molecule has 66 valence electrons. The van der Waals surface area contributed by atoms with Gasteiger partial charge in [0.2, 0.25) is 0 Å². The smallest absolute Gasteiger partial charge is 0.323 e. The molecule has 4 heteroatoms. The molecule has 4 nitrogen and oxygen atoms in total. The minimum absolute atomic E-state index is 0.328. The van der Waals surface area contributed by atoms with Crippen LogP contribution in [0.25, 0.3) is 0 Å². The lowest BCUT2D eigenvalue weighted by Crippen LogP contribution is -2.41. The fourth-order valence-electron chi connectivity index (χ4n) is 0.915. The molecule has 0 spiro atoms. The number of hydrogen-bond donors (Lipinski definition) is 2. The van der Waals surface area contributed by atoms with Gasteiger partial charge in [-0.05, 0) is 20.0 Å². The van der Waals surface area contributed by atoms with E-state index in [1.54, 1.807) is 11.9 Å². The van der Waals surface area contributed by atoms with E-state index in [4.69, 9.17) is 10.2 Å². The second kappa shape index (κ2) is 5.09. The van der Waals surface area contributed by atoms with Crippen molar-refractivity contribution in [2.45, 2.75) is 19.4 Å². The molecule has 0 heterocycles.